The number of morpholine rings is 1. The Morgan fingerprint density at radius 1 is 1.29 bits per heavy atom. The van der Waals surface area contributed by atoms with Gasteiger partial charge in [-0.05, 0) is 39.7 Å². The molecule has 21 heavy (non-hydrogen) atoms. The maximum atomic E-state index is 12.0. The molecular weight excluding hydrogens is 338 g/mol. The van der Waals surface area contributed by atoms with Crippen molar-refractivity contribution in [3.05, 3.63) is 28.2 Å². The number of rotatable bonds is 4. The van der Waals surface area contributed by atoms with E-state index >= 15 is 0 Å². The lowest BCUT2D eigenvalue weighted by Gasteiger charge is -2.25. The van der Waals surface area contributed by atoms with E-state index < -0.39 is 0 Å². The van der Waals surface area contributed by atoms with Crippen molar-refractivity contribution >= 4 is 27.9 Å². The summed E-state index contributed by atoms with van der Waals surface area (Å²) in [6.07, 6.45) is 3.34. The molecule has 0 saturated carbocycles. The van der Waals surface area contributed by atoms with E-state index in [1.807, 2.05) is 12.1 Å². The Labute approximate surface area is 132 Å². The summed E-state index contributed by atoms with van der Waals surface area (Å²) in [6.45, 7) is 2.47. The number of amides is 1. The highest BCUT2D eigenvalue weighted by atomic mass is 79.9. The minimum absolute atomic E-state index is 0.00999. The Morgan fingerprint density at radius 2 is 2.00 bits per heavy atom. The highest BCUT2D eigenvalue weighted by molar-refractivity contribution is 9.10. The molecule has 114 valence electrons. The number of hydrogen-bond donors (Lipinski definition) is 0. The van der Waals surface area contributed by atoms with Crippen LogP contribution < -0.4 is 9.47 Å². The van der Waals surface area contributed by atoms with Crippen molar-refractivity contribution in [2.75, 3.05) is 40.5 Å². The SMILES string of the molecule is COc1cc(/C=C/C(=O)N2CCOCC2)cc(Br)c1OC. The molecule has 1 fully saturated rings. The average molecular weight is 356 g/mol. The molecule has 5 nitrogen and oxygen atoms in total. The van der Waals surface area contributed by atoms with Crippen LogP contribution in [0.4, 0.5) is 0 Å². The van der Waals surface area contributed by atoms with Crippen LogP contribution in [0.15, 0.2) is 22.7 Å². The first-order valence-corrected chi connectivity index (χ1v) is 7.41. The van der Waals surface area contributed by atoms with Gasteiger partial charge < -0.3 is 19.1 Å². The van der Waals surface area contributed by atoms with E-state index in [9.17, 15) is 4.79 Å². The van der Waals surface area contributed by atoms with E-state index in [4.69, 9.17) is 14.2 Å². The van der Waals surface area contributed by atoms with Crippen LogP contribution in [0.5, 0.6) is 11.5 Å². The summed E-state index contributed by atoms with van der Waals surface area (Å²) in [5.74, 6) is 1.24. The average Bonchev–Trinajstić information content (AvgIpc) is 2.52. The number of carbonyl (C=O) groups excluding carboxylic acids is 1. The summed E-state index contributed by atoms with van der Waals surface area (Å²) in [7, 11) is 3.16. The van der Waals surface area contributed by atoms with E-state index in [2.05, 4.69) is 15.9 Å². The molecule has 0 spiro atoms. The maximum Gasteiger partial charge on any atom is 0.246 e. The zero-order valence-electron chi connectivity index (χ0n) is 12.1. The topological polar surface area (TPSA) is 48.0 Å². The highest BCUT2D eigenvalue weighted by Crippen LogP contribution is 2.36. The molecule has 0 unspecified atom stereocenters. The second-order valence-electron chi connectivity index (χ2n) is 4.51. The highest BCUT2D eigenvalue weighted by Gasteiger charge is 2.14. The molecule has 1 aliphatic rings. The van der Waals surface area contributed by atoms with Gasteiger partial charge >= 0.3 is 0 Å². The molecule has 1 aliphatic heterocycles. The number of benzene rings is 1. The molecule has 0 atom stereocenters. The molecule has 1 saturated heterocycles. The number of halogens is 1. The van der Waals surface area contributed by atoms with Crippen LogP contribution in [-0.4, -0.2) is 51.3 Å². The zero-order valence-corrected chi connectivity index (χ0v) is 13.7. The number of carbonyl (C=O) groups is 1. The fraction of sp³-hybridized carbons (Fsp3) is 0.400. The largest absolute Gasteiger partial charge is 0.493 e. The monoisotopic (exact) mass is 355 g/mol. The van der Waals surface area contributed by atoms with Gasteiger partial charge in [0.2, 0.25) is 5.91 Å². The molecular formula is C15H18BrNO4. The van der Waals surface area contributed by atoms with Gasteiger partial charge in [0.25, 0.3) is 0 Å². The van der Waals surface area contributed by atoms with Gasteiger partial charge in [-0.2, -0.15) is 0 Å². The summed E-state index contributed by atoms with van der Waals surface area (Å²) in [4.78, 5) is 13.8. The summed E-state index contributed by atoms with van der Waals surface area (Å²) < 4.78 is 16.5. The second-order valence-corrected chi connectivity index (χ2v) is 5.36. The lowest BCUT2D eigenvalue weighted by Crippen LogP contribution is -2.39. The van der Waals surface area contributed by atoms with Gasteiger partial charge in [0.15, 0.2) is 11.5 Å². The Hall–Kier alpha value is -1.53. The van der Waals surface area contributed by atoms with E-state index in [0.717, 1.165) is 10.0 Å². The summed E-state index contributed by atoms with van der Waals surface area (Å²) in [5, 5.41) is 0. The lowest BCUT2D eigenvalue weighted by atomic mass is 10.2. The molecule has 0 radical (unpaired) electrons. The van der Waals surface area contributed by atoms with Gasteiger partial charge in [-0.15, -0.1) is 0 Å². The minimum Gasteiger partial charge on any atom is -0.493 e. The molecule has 0 N–H and O–H groups in total. The Bertz CT molecular complexity index is 539. The first kappa shape index (κ1) is 15.9. The van der Waals surface area contributed by atoms with Crippen LogP contribution in [0.25, 0.3) is 6.08 Å². The molecule has 0 aliphatic carbocycles. The third kappa shape index (κ3) is 3.98. The fourth-order valence-electron chi connectivity index (χ4n) is 2.09. The predicted molar refractivity (Wildman–Crippen MR) is 83.7 cm³/mol. The molecule has 1 aromatic carbocycles. The Balaban J connectivity index is 2.13. The molecule has 0 bridgehead atoms. The summed E-state index contributed by atoms with van der Waals surface area (Å²) in [6, 6.07) is 3.71. The summed E-state index contributed by atoms with van der Waals surface area (Å²) >= 11 is 3.43. The van der Waals surface area contributed by atoms with Gasteiger partial charge in [0.05, 0.1) is 31.9 Å². The van der Waals surface area contributed by atoms with Gasteiger partial charge in [-0.25, -0.2) is 0 Å². The first-order chi connectivity index (χ1) is 10.2. The van der Waals surface area contributed by atoms with Crippen LogP contribution in [0.3, 0.4) is 0 Å². The third-order valence-corrected chi connectivity index (χ3v) is 3.79. The summed E-state index contributed by atoms with van der Waals surface area (Å²) in [5.41, 5.74) is 0.862. The van der Waals surface area contributed by atoms with Crippen molar-refractivity contribution in [3.8, 4) is 11.5 Å². The smallest absolute Gasteiger partial charge is 0.246 e. The number of nitrogens with zero attached hydrogens (tertiary/aromatic N) is 1. The standard InChI is InChI=1S/C15H18BrNO4/c1-19-13-10-11(9-12(16)15(13)20-2)3-4-14(18)17-5-7-21-8-6-17/h3-4,9-10H,5-8H2,1-2H3/b4-3+. The van der Waals surface area contributed by atoms with Crippen molar-refractivity contribution in [2.45, 2.75) is 0 Å². The molecule has 6 heteroatoms. The van der Waals surface area contributed by atoms with Crippen LogP contribution >= 0.6 is 15.9 Å². The second kappa shape index (κ2) is 7.47. The van der Waals surface area contributed by atoms with Crippen molar-refractivity contribution in [3.63, 3.8) is 0 Å². The van der Waals surface area contributed by atoms with E-state index in [0.29, 0.717) is 37.8 Å². The Kier molecular flexibility index (Phi) is 5.64. The lowest BCUT2D eigenvalue weighted by molar-refractivity contribution is -0.129. The quantitative estimate of drug-likeness (QED) is 0.777. The minimum atomic E-state index is -0.00999. The normalized spacial score (nSPS) is 15.3. The number of hydrogen-bond acceptors (Lipinski definition) is 4. The fourth-order valence-corrected chi connectivity index (χ4v) is 2.71. The molecule has 1 heterocycles. The first-order valence-electron chi connectivity index (χ1n) is 6.62. The van der Waals surface area contributed by atoms with E-state index in [-0.39, 0.29) is 5.91 Å². The number of methoxy groups -OCH3 is 2. The van der Waals surface area contributed by atoms with Gasteiger partial charge in [-0.3, -0.25) is 4.79 Å². The Morgan fingerprint density at radius 3 is 2.62 bits per heavy atom. The molecule has 1 amide bonds. The van der Waals surface area contributed by atoms with Crippen molar-refractivity contribution < 1.29 is 19.0 Å². The third-order valence-electron chi connectivity index (χ3n) is 3.20. The number of ether oxygens (including phenoxy) is 3. The molecule has 1 aromatic rings. The van der Waals surface area contributed by atoms with Gasteiger partial charge in [0.1, 0.15) is 0 Å². The van der Waals surface area contributed by atoms with Crippen molar-refractivity contribution in [2.24, 2.45) is 0 Å². The van der Waals surface area contributed by atoms with Crippen LogP contribution in [-0.2, 0) is 9.53 Å². The van der Waals surface area contributed by atoms with Crippen LogP contribution in [0.1, 0.15) is 5.56 Å². The van der Waals surface area contributed by atoms with Crippen LogP contribution in [0.2, 0.25) is 0 Å². The predicted octanol–water partition coefficient (Wildman–Crippen LogP) is 2.34. The van der Waals surface area contributed by atoms with Crippen molar-refractivity contribution in [1.29, 1.82) is 0 Å². The zero-order chi connectivity index (χ0) is 15.2. The maximum absolute atomic E-state index is 12.0. The van der Waals surface area contributed by atoms with E-state index in [1.54, 1.807) is 31.3 Å². The van der Waals surface area contributed by atoms with Crippen LogP contribution in [0, 0.1) is 0 Å². The van der Waals surface area contributed by atoms with Crippen molar-refractivity contribution in [1.82, 2.24) is 4.90 Å². The van der Waals surface area contributed by atoms with Gasteiger partial charge in [0, 0.05) is 19.2 Å². The van der Waals surface area contributed by atoms with Gasteiger partial charge in [-0.1, -0.05) is 0 Å². The molecule has 0 aromatic heterocycles. The van der Waals surface area contributed by atoms with E-state index in [1.165, 1.54) is 0 Å². The molecule has 2 rings (SSSR count).